The fourth-order valence-corrected chi connectivity index (χ4v) is 11.7. The first-order valence-corrected chi connectivity index (χ1v) is 14.0. The van der Waals surface area contributed by atoms with Gasteiger partial charge in [-0.25, -0.2) is 0 Å². The smallest absolute Gasteiger partial charge is 0.0594 e. The fourth-order valence-electron chi connectivity index (χ4n) is 11.7. The molecule has 0 bridgehead atoms. The van der Waals surface area contributed by atoms with Crippen molar-refractivity contribution in [2.75, 3.05) is 0 Å². The molecule has 10 atom stereocenters. The van der Waals surface area contributed by atoms with Crippen LogP contribution in [0.25, 0.3) is 0 Å². The highest BCUT2D eigenvalue weighted by Gasteiger charge is 2.70. The normalized spacial score (nSPS) is 58.3. The lowest BCUT2D eigenvalue weighted by molar-refractivity contribution is -0.248. The van der Waals surface area contributed by atoms with Crippen LogP contribution in [0.2, 0.25) is 0 Å². The van der Waals surface area contributed by atoms with Crippen molar-refractivity contribution in [1.82, 2.24) is 0 Å². The topological polar surface area (TPSA) is 20.2 Å². The molecule has 5 aliphatic carbocycles. The van der Waals surface area contributed by atoms with Gasteiger partial charge in [0, 0.05) is 0 Å². The van der Waals surface area contributed by atoms with E-state index in [1.165, 1.54) is 57.8 Å². The van der Waals surface area contributed by atoms with Crippen molar-refractivity contribution in [1.29, 1.82) is 0 Å². The third-order valence-corrected chi connectivity index (χ3v) is 13.7. The maximum absolute atomic E-state index is 10.9. The first-order valence-electron chi connectivity index (χ1n) is 14.0. The molecule has 0 radical (unpaired) electrons. The van der Waals surface area contributed by atoms with E-state index in [0.29, 0.717) is 27.6 Å². The lowest BCUT2D eigenvalue weighted by Gasteiger charge is -2.73. The van der Waals surface area contributed by atoms with E-state index >= 15 is 0 Å². The number of aliphatic hydroxyl groups is 1. The Hall–Kier alpha value is -0.0400. The van der Waals surface area contributed by atoms with Gasteiger partial charge in [0.25, 0.3) is 0 Å². The van der Waals surface area contributed by atoms with Gasteiger partial charge >= 0.3 is 0 Å². The van der Waals surface area contributed by atoms with E-state index in [0.717, 1.165) is 36.0 Å². The molecular weight excluding hydrogens is 376 g/mol. The highest BCUT2D eigenvalue weighted by Crippen LogP contribution is 2.77. The van der Waals surface area contributed by atoms with E-state index in [9.17, 15) is 5.11 Å². The van der Waals surface area contributed by atoms with Crippen LogP contribution in [0.4, 0.5) is 0 Å². The van der Waals surface area contributed by atoms with Gasteiger partial charge < -0.3 is 5.11 Å². The maximum Gasteiger partial charge on any atom is 0.0594 e. The molecule has 0 amide bonds. The lowest BCUT2D eigenvalue weighted by Crippen LogP contribution is -2.66. The highest BCUT2D eigenvalue weighted by molar-refractivity contribution is 5.19. The second-order valence-electron chi connectivity index (χ2n) is 15.2. The molecule has 0 aromatic carbocycles. The summed E-state index contributed by atoms with van der Waals surface area (Å²) in [5, 5.41) is 10.9. The summed E-state index contributed by atoms with van der Waals surface area (Å²) in [7, 11) is 0. The van der Waals surface area contributed by atoms with Gasteiger partial charge in [-0.15, -0.1) is 0 Å². The van der Waals surface area contributed by atoms with Gasteiger partial charge in [0.15, 0.2) is 0 Å². The molecule has 31 heavy (non-hydrogen) atoms. The van der Waals surface area contributed by atoms with Gasteiger partial charge in [0.2, 0.25) is 0 Å². The van der Waals surface area contributed by atoms with E-state index in [2.05, 4.69) is 55.4 Å². The van der Waals surface area contributed by atoms with Crippen LogP contribution in [0.3, 0.4) is 0 Å². The molecule has 5 aliphatic rings. The van der Waals surface area contributed by atoms with E-state index < -0.39 is 0 Å². The van der Waals surface area contributed by atoms with Crippen molar-refractivity contribution in [3.63, 3.8) is 0 Å². The van der Waals surface area contributed by atoms with Gasteiger partial charge in [-0.05, 0) is 127 Å². The van der Waals surface area contributed by atoms with E-state index in [4.69, 9.17) is 0 Å². The van der Waals surface area contributed by atoms with Crippen molar-refractivity contribution in [3.8, 4) is 0 Å². The molecule has 0 heterocycles. The average Bonchev–Trinajstić information content (AvgIpc) is 3.04. The predicted octanol–water partition coefficient (Wildman–Crippen LogP) is 8.10. The average molecular weight is 429 g/mol. The van der Waals surface area contributed by atoms with E-state index in [1.54, 1.807) is 0 Å². The summed E-state index contributed by atoms with van der Waals surface area (Å²) in [5.41, 5.74) is 2.08. The Kier molecular flexibility index (Phi) is 4.96. The quantitative estimate of drug-likeness (QED) is 0.447. The number of hydrogen-bond acceptors (Lipinski definition) is 1. The first-order chi connectivity index (χ1) is 14.3. The van der Waals surface area contributed by atoms with Crippen molar-refractivity contribution in [3.05, 3.63) is 0 Å². The van der Waals surface area contributed by atoms with Gasteiger partial charge in [-0.3, -0.25) is 0 Å². The number of fused-ring (bicyclic) bond motifs is 7. The van der Waals surface area contributed by atoms with E-state index in [1.807, 2.05) is 0 Å². The maximum atomic E-state index is 10.9. The summed E-state index contributed by atoms with van der Waals surface area (Å²) in [4.78, 5) is 0. The molecule has 1 N–H and O–H groups in total. The molecule has 0 aromatic heterocycles. The Labute approximate surface area is 193 Å². The van der Waals surface area contributed by atoms with Crippen molar-refractivity contribution in [2.45, 2.75) is 126 Å². The van der Waals surface area contributed by atoms with Crippen LogP contribution in [0, 0.1) is 62.6 Å². The molecule has 178 valence electrons. The first kappa shape index (κ1) is 22.7. The SMILES string of the molecule is CC(C)[C@@H]1CC[C@]2(C)CC[C@]3(C)[C@H](CC[C@@H]4[C@@]5(C)CCC(O)C(C)(C)[C@@H]5CC[C@]43C)[C@@H]12. The van der Waals surface area contributed by atoms with Crippen LogP contribution >= 0.6 is 0 Å². The van der Waals surface area contributed by atoms with Gasteiger partial charge in [0.1, 0.15) is 0 Å². The standard InChI is InChI=1S/C30H52O/c1-19(2)20-11-14-27(5)17-18-29(7)21(25(20)27)9-10-23-28(6)15-13-24(31)26(3,4)22(28)12-16-30(23,29)8/h19-25,31H,9-18H2,1-8H3/t20-,21+,22-,23+,24?,25+,27+,28-,29+,30+/m0/s1. The summed E-state index contributed by atoms with van der Waals surface area (Å²) < 4.78 is 0. The summed E-state index contributed by atoms with van der Waals surface area (Å²) >= 11 is 0. The van der Waals surface area contributed by atoms with Crippen molar-refractivity contribution in [2.24, 2.45) is 62.6 Å². The third-order valence-electron chi connectivity index (χ3n) is 13.7. The summed E-state index contributed by atoms with van der Waals surface area (Å²) in [6, 6.07) is 0. The molecule has 0 aliphatic heterocycles. The summed E-state index contributed by atoms with van der Waals surface area (Å²) in [6.07, 6.45) is 13.7. The monoisotopic (exact) mass is 428 g/mol. The third kappa shape index (κ3) is 2.71. The van der Waals surface area contributed by atoms with Gasteiger partial charge in [-0.1, -0.05) is 55.4 Å². The van der Waals surface area contributed by atoms with Crippen LogP contribution < -0.4 is 0 Å². The van der Waals surface area contributed by atoms with Gasteiger partial charge in [0.05, 0.1) is 6.10 Å². The zero-order chi connectivity index (χ0) is 22.6. The minimum Gasteiger partial charge on any atom is -0.393 e. The molecule has 1 heteroatoms. The lowest BCUT2D eigenvalue weighted by atomic mass is 9.32. The van der Waals surface area contributed by atoms with Crippen LogP contribution in [0.5, 0.6) is 0 Å². The Morgan fingerprint density at radius 1 is 0.677 bits per heavy atom. The molecule has 5 rings (SSSR count). The minimum absolute atomic E-state index is 0.0748. The molecule has 0 saturated heterocycles. The van der Waals surface area contributed by atoms with E-state index in [-0.39, 0.29) is 11.5 Å². The van der Waals surface area contributed by atoms with Crippen molar-refractivity contribution >= 4 is 0 Å². The van der Waals surface area contributed by atoms with Crippen LogP contribution in [-0.2, 0) is 0 Å². The zero-order valence-corrected chi connectivity index (χ0v) is 22.1. The minimum atomic E-state index is -0.109. The van der Waals surface area contributed by atoms with Crippen molar-refractivity contribution < 1.29 is 5.11 Å². The summed E-state index contributed by atoms with van der Waals surface area (Å²) in [6.45, 7) is 20.7. The molecule has 5 saturated carbocycles. The highest BCUT2D eigenvalue weighted by atomic mass is 16.3. The Morgan fingerprint density at radius 3 is 2.06 bits per heavy atom. The second kappa shape index (κ2) is 6.76. The number of aliphatic hydroxyl groups excluding tert-OH is 1. The zero-order valence-electron chi connectivity index (χ0n) is 22.1. The molecular formula is C30H52O. The number of hydrogen-bond donors (Lipinski definition) is 1. The van der Waals surface area contributed by atoms with Crippen LogP contribution in [0.1, 0.15) is 120 Å². The summed E-state index contributed by atoms with van der Waals surface area (Å²) in [5.74, 6) is 5.21. The molecule has 1 nitrogen and oxygen atoms in total. The molecule has 0 spiro atoms. The van der Waals surface area contributed by atoms with Gasteiger partial charge in [-0.2, -0.15) is 0 Å². The van der Waals surface area contributed by atoms with Crippen LogP contribution in [0.15, 0.2) is 0 Å². The molecule has 0 aromatic rings. The van der Waals surface area contributed by atoms with Crippen LogP contribution in [-0.4, -0.2) is 11.2 Å². The Bertz CT molecular complexity index is 724. The molecule has 5 fully saturated rings. The number of rotatable bonds is 1. The predicted molar refractivity (Wildman–Crippen MR) is 131 cm³/mol. The fraction of sp³-hybridized carbons (Fsp3) is 1.00. The Balaban J connectivity index is 1.54. The second-order valence-corrected chi connectivity index (χ2v) is 15.2. The largest absolute Gasteiger partial charge is 0.393 e. The Morgan fingerprint density at radius 2 is 1.39 bits per heavy atom. The molecule has 1 unspecified atom stereocenters.